The highest BCUT2D eigenvalue weighted by molar-refractivity contribution is 6.91. The first-order valence-corrected chi connectivity index (χ1v) is 20.7. The zero-order valence-corrected chi connectivity index (χ0v) is 29.8. The van der Waals surface area contributed by atoms with E-state index in [0.29, 0.717) is 19.4 Å². The van der Waals surface area contributed by atoms with Crippen molar-refractivity contribution in [3.8, 4) is 5.75 Å². The second kappa shape index (κ2) is 14.9. The molecular weight excluding hydrogens is 619 g/mol. The molecule has 2 amide bonds. The molecular formula is C39H51N3O5Si. The highest BCUT2D eigenvalue weighted by atomic mass is 28.3. The molecule has 6 rings (SSSR count). The molecule has 3 aromatic rings. The Balaban J connectivity index is 1.20. The van der Waals surface area contributed by atoms with Gasteiger partial charge in [-0.05, 0) is 91.1 Å². The average Bonchev–Trinajstić information content (AvgIpc) is 3.75. The molecule has 0 aromatic heterocycles. The van der Waals surface area contributed by atoms with Gasteiger partial charge >= 0.3 is 0 Å². The zero-order valence-electron chi connectivity index (χ0n) is 28.8. The highest BCUT2D eigenvalue weighted by Crippen LogP contribution is 2.47. The molecule has 256 valence electrons. The smallest absolute Gasteiger partial charge is 0.241 e. The molecule has 3 aliphatic heterocycles. The van der Waals surface area contributed by atoms with Gasteiger partial charge in [-0.15, -0.1) is 0 Å². The number of ether oxygens (including phenoxy) is 2. The molecule has 8 nitrogen and oxygen atoms in total. The van der Waals surface area contributed by atoms with Gasteiger partial charge in [-0.25, -0.2) is 0 Å². The molecule has 48 heavy (non-hydrogen) atoms. The molecule has 0 radical (unpaired) electrons. The minimum absolute atomic E-state index is 0.00511. The van der Waals surface area contributed by atoms with Gasteiger partial charge in [0.15, 0.2) is 0 Å². The van der Waals surface area contributed by atoms with Crippen LogP contribution in [0.3, 0.4) is 0 Å². The second-order valence-corrected chi connectivity index (χ2v) is 19.1. The first-order chi connectivity index (χ1) is 23.2. The van der Waals surface area contributed by atoms with Crippen LogP contribution in [0, 0.1) is 5.92 Å². The lowest BCUT2D eigenvalue weighted by Gasteiger charge is -2.39. The van der Waals surface area contributed by atoms with Crippen LogP contribution in [0.25, 0.3) is 0 Å². The van der Waals surface area contributed by atoms with Gasteiger partial charge in [0, 0.05) is 12.2 Å². The van der Waals surface area contributed by atoms with E-state index in [9.17, 15) is 14.7 Å². The van der Waals surface area contributed by atoms with E-state index in [0.717, 1.165) is 54.8 Å². The number of hydrogen-bond donors (Lipinski definition) is 3. The van der Waals surface area contributed by atoms with Crippen molar-refractivity contribution in [2.75, 3.05) is 25.6 Å². The summed E-state index contributed by atoms with van der Waals surface area (Å²) in [6.45, 7) is 8.45. The van der Waals surface area contributed by atoms with Crippen molar-refractivity contribution in [3.63, 3.8) is 0 Å². The number of hydrogen-bond acceptors (Lipinski definition) is 6. The van der Waals surface area contributed by atoms with Gasteiger partial charge in [-0.1, -0.05) is 73.7 Å². The number of nitrogens with one attached hydrogen (secondary N) is 2. The highest BCUT2D eigenvalue weighted by Gasteiger charge is 2.51. The number of aryl methyl sites for hydroxylation is 1. The Kier molecular flexibility index (Phi) is 10.7. The van der Waals surface area contributed by atoms with Crippen LogP contribution in [0.2, 0.25) is 18.6 Å². The lowest BCUT2D eigenvalue weighted by atomic mass is 9.93. The van der Waals surface area contributed by atoms with Crippen molar-refractivity contribution < 1.29 is 24.2 Å². The third-order valence-corrected chi connectivity index (χ3v) is 15.5. The Bertz CT molecular complexity index is 1570. The van der Waals surface area contributed by atoms with Crippen LogP contribution >= 0.6 is 0 Å². The number of carbonyl (C=O) groups excluding carboxylic acids is 2. The fourth-order valence-electron chi connectivity index (χ4n) is 8.43. The molecule has 3 N–H and O–H groups in total. The number of methoxy groups -OCH3 is 1. The third-order valence-electron chi connectivity index (χ3n) is 11.1. The van der Waals surface area contributed by atoms with Gasteiger partial charge in [0.05, 0.1) is 52.5 Å². The Morgan fingerprint density at radius 2 is 1.81 bits per heavy atom. The van der Waals surface area contributed by atoms with Crippen molar-refractivity contribution in [2.45, 2.75) is 94.9 Å². The van der Waals surface area contributed by atoms with E-state index >= 15 is 0 Å². The predicted molar refractivity (Wildman–Crippen MR) is 192 cm³/mol. The number of amides is 2. The maximum absolute atomic E-state index is 14.1. The Labute approximate surface area is 286 Å². The number of aliphatic hydroxyl groups excluding tert-OH is 1. The van der Waals surface area contributed by atoms with E-state index in [1.54, 1.807) is 7.11 Å². The number of nitrogens with zero attached hydrogens (tertiary/aromatic N) is 1. The van der Waals surface area contributed by atoms with Crippen LogP contribution < -0.4 is 20.6 Å². The molecule has 3 aliphatic rings. The monoisotopic (exact) mass is 669 g/mol. The Morgan fingerprint density at radius 3 is 2.52 bits per heavy atom. The maximum atomic E-state index is 14.1. The van der Waals surface area contributed by atoms with E-state index in [-0.39, 0.29) is 54.2 Å². The lowest BCUT2D eigenvalue weighted by molar-refractivity contribution is -0.138. The van der Waals surface area contributed by atoms with Crippen molar-refractivity contribution >= 4 is 30.8 Å². The zero-order chi connectivity index (χ0) is 33.8. The van der Waals surface area contributed by atoms with Crippen LogP contribution in [0.15, 0.2) is 72.8 Å². The third kappa shape index (κ3) is 7.39. The van der Waals surface area contributed by atoms with Crippen molar-refractivity contribution in [1.29, 1.82) is 0 Å². The van der Waals surface area contributed by atoms with Crippen molar-refractivity contribution in [2.24, 2.45) is 5.92 Å². The number of aliphatic hydroxyl groups is 1. The topological polar surface area (TPSA) is 100 Å². The van der Waals surface area contributed by atoms with Crippen molar-refractivity contribution in [1.82, 2.24) is 10.2 Å². The second-order valence-electron chi connectivity index (χ2n) is 14.5. The number of fused-ring (bicyclic) bond motifs is 1. The molecule has 3 heterocycles. The molecule has 0 aliphatic carbocycles. The minimum atomic E-state index is -2.15. The minimum Gasteiger partial charge on any atom is -0.497 e. The lowest BCUT2D eigenvalue weighted by Crippen LogP contribution is -2.52. The molecule has 2 fully saturated rings. The molecule has 0 bridgehead atoms. The average molecular weight is 670 g/mol. The van der Waals surface area contributed by atoms with Gasteiger partial charge in [-0.2, -0.15) is 0 Å². The first-order valence-electron chi connectivity index (χ1n) is 17.6. The normalized spacial score (nSPS) is 25.5. The van der Waals surface area contributed by atoms with Gasteiger partial charge < -0.3 is 30.1 Å². The van der Waals surface area contributed by atoms with Crippen molar-refractivity contribution in [3.05, 3.63) is 89.5 Å². The molecule has 2 saturated heterocycles. The summed E-state index contributed by atoms with van der Waals surface area (Å²) in [6.07, 6.45) is 4.27. The van der Waals surface area contributed by atoms with E-state index in [1.807, 2.05) is 41.3 Å². The van der Waals surface area contributed by atoms with E-state index < -0.39 is 8.07 Å². The van der Waals surface area contributed by atoms with Crippen LogP contribution in [0.4, 0.5) is 5.69 Å². The van der Waals surface area contributed by atoms with Gasteiger partial charge in [0.1, 0.15) is 5.75 Å². The van der Waals surface area contributed by atoms with Crippen LogP contribution in [0.1, 0.15) is 49.3 Å². The molecule has 0 saturated carbocycles. The van der Waals surface area contributed by atoms with Gasteiger partial charge in [-0.3, -0.25) is 9.59 Å². The van der Waals surface area contributed by atoms with E-state index in [4.69, 9.17) is 9.47 Å². The first kappa shape index (κ1) is 34.4. The summed E-state index contributed by atoms with van der Waals surface area (Å²) in [5, 5.41) is 18.0. The molecule has 6 atom stereocenters. The maximum Gasteiger partial charge on any atom is 0.241 e. The number of benzene rings is 3. The van der Waals surface area contributed by atoms with Gasteiger partial charge in [0.25, 0.3) is 0 Å². The molecule has 0 spiro atoms. The van der Waals surface area contributed by atoms with Gasteiger partial charge in [0.2, 0.25) is 11.8 Å². The molecule has 9 heteroatoms. The SMILES string of the molecule is COc1ccc([Si](C)(C)[C@@H]2[C@@H](C)[C@@H](CCc3cccc(NC(=O)[C@H]4CCCN4)c3)O[C@H]2CC(=O)N2Cc3ccccc3C[C@H]2CO)cc1. The number of carbonyl (C=O) groups is 2. The summed E-state index contributed by atoms with van der Waals surface area (Å²) in [4.78, 5) is 28.7. The summed E-state index contributed by atoms with van der Waals surface area (Å²) in [6, 6.07) is 24.5. The summed E-state index contributed by atoms with van der Waals surface area (Å²) in [5.41, 5.74) is 4.55. The summed E-state index contributed by atoms with van der Waals surface area (Å²) in [5.74, 6) is 1.16. The summed E-state index contributed by atoms with van der Waals surface area (Å²) < 4.78 is 12.4. The molecule has 3 aromatic carbocycles. The Hall–Kier alpha value is -3.50. The quantitative estimate of drug-likeness (QED) is 0.248. The van der Waals surface area contributed by atoms with Crippen LogP contribution in [-0.2, 0) is 33.7 Å². The fraction of sp³-hybridized carbons (Fsp3) is 0.487. The van der Waals surface area contributed by atoms with Crippen LogP contribution in [-0.4, -0.2) is 74.4 Å². The number of rotatable bonds is 11. The van der Waals surface area contributed by atoms with E-state index in [2.05, 4.69) is 67.0 Å². The van der Waals surface area contributed by atoms with E-state index in [1.165, 1.54) is 10.8 Å². The standard InChI is InChI=1S/C39H51N3O5Si/c1-26-35(19-14-27-9-7-12-30(21-27)41-39(45)34-13-8-20-40-34)47-36(38(26)48(3,4)33-17-15-32(46-2)16-18-33)23-37(44)42-24-29-11-6-5-10-28(29)22-31(42)25-43/h5-7,9-12,15-18,21,26,31,34-36,38,40,43H,8,13-14,19-20,22-25H2,1-4H3,(H,41,45)/t26-,31-,34+,35+,36-,38+/m0/s1. The largest absolute Gasteiger partial charge is 0.497 e. The summed E-state index contributed by atoms with van der Waals surface area (Å²) in [7, 11) is -0.466. The molecule has 0 unspecified atom stereocenters. The fourth-order valence-corrected chi connectivity index (χ4v) is 12.5. The predicted octanol–water partition coefficient (Wildman–Crippen LogP) is 5.04. The van der Waals surface area contributed by atoms with Crippen LogP contribution in [0.5, 0.6) is 5.75 Å². The summed E-state index contributed by atoms with van der Waals surface area (Å²) >= 11 is 0. The number of anilines is 1. The Morgan fingerprint density at radius 1 is 1.04 bits per heavy atom.